The molecule has 3 heterocycles. The van der Waals surface area contributed by atoms with Gasteiger partial charge in [-0.25, -0.2) is 15.0 Å². The number of nitrogen functional groups attached to an aromatic ring is 1. The zero-order chi connectivity index (χ0) is 25.9. The zero-order valence-corrected chi connectivity index (χ0v) is 22.0. The summed E-state index contributed by atoms with van der Waals surface area (Å²) in [6, 6.07) is 17.1. The molecule has 2 aromatic carbocycles. The Hall–Kier alpha value is -4.09. The third-order valence-corrected chi connectivity index (χ3v) is 7.30. The number of rotatable bonds is 7. The lowest BCUT2D eigenvalue weighted by Gasteiger charge is -2.15. The lowest BCUT2D eigenvalue weighted by Crippen LogP contribution is -2.12. The maximum Gasteiger partial charge on any atom is 0.257 e. The molecular weight excluding hydrogens is 504 g/mol. The number of pyridine rings is 1. The summed E-state index contributed by atoms with van der Waals surface area (Å²) < 4.78 is 0. The Balaban J connectivity index is 1.52. The molecule has 0 fully saturated rings. The van der Waals surface area contributed by atoms with Crippen LogP contribution in [0.4, 0.5) is 22.3 Å². The van der Waals surface area contributed by atoms with Crippen molar-refractivity contribution in [1.29, 1.82) is 0 Å². The maximum absolute atomic E-state index is 13.0. The molecule has 0 spiro atoms. The van der Waals surface area contributed by atoms with Crippen molar-refractivity contribution >= 4 is 62.4 Å². The number of hydrogen-bond donors (Lipinski definition) is 3. The number of nitrogens with one attached hydrogen (secondary N) is 2. The lowest BCUT2D eigenvalue weighted by molar-refractivity contribution is 0.102. The van der Waals surface area contributed by atoms with E-state index in [1.165, 1.54) is 17.7 Å². The zero-order valence-electron chi connectivity index (χ0n) is 20.4. The first-order chi connectivity index (χ1) is 17.9. The van der Waals surface area contributed by atoms with Gasteiger partial charge in [0.25, 0.3) is 5.91 Å². The van der Waals surface area contributed by atoms with Crippen molar-refractivity contribution in [3.8, 4) is 0 Å². The molecule has 0 atom stereocenters. The minimum absolute atomic E-state index is 0.279. The number of benzene rings is 2. The molecule has 11 heteroatoms. The third-order valence-electron chi connectivity index (χ3n) is 5.46. The van der Waals surface area contributed by atoms with Crippen LogP contribution in [0.2, 0.25) is 0 Å². The highest BCUT2D eigenvalue weighted by molar-refractivity contribution is 7.99. The molecule has 1 amide bonds. The summed E-state index contributed by atoms with van der Waals surface area (Å²) in [5, 5.41) is 16.2. The average Bonchev–Trinajstić information content (AvgIpc) is 3.30. The van der Waals surface area contributed by atoms with Gasteiger partial charge in [-0.1, -0.05) is 36.9 Å². The van der Waals surface area contributed by atoms with Gasteiger partial charge in [0, 0.05) is 26.7 Å². The SMILES string of the molecule is Cc1nnc(NC(=O)c2ccc(Sc3ccc(N)cc3)c(Nc3ncnc4nc(C(C)C)ccc34)c2)s1. The molecule has 0 bridgehead atoms. The molecule has 5 rings (SSSR count). The van der Waals surface area contributed by atoms with E-state index >= 15 is 0 Å². The van der Waals surface area contributed by atoms with Crippen LogP contribution in [0.3, 0.4) is 0 Å². The van der Waals surface area contributed by atoms with Crippen molar-refractivity contribution in [3.05, 3.63) is 77.2 Å². The molecule has 5 aromatic rings. The number of nitrogens with two attached hydrogens (primary N) is 1. The number of carbonyl (C=O) groups excluding carboxylic acids is 1. The number of carbonyl (C=O) groups is 1. The number of anilines is 4. The van der Waals surface area contributed by atoms with E-state index in [0.717, 1.165) is 31.6 Å². The van der Waals surface area contributed by atoms with Crippen molar-refractivity contribution in [2.75, 3.05) is 16.4 Å². The van der Waals surface area contributed by atoms with Crippen molar-refractivity contribution in [1.82, 2.24) is 25.1 Å². The summed E-state index contributed by atoms with van der Waals surface area (Å²) in [7, 11) is 0. The summed E-state index contributed by atoms with van der Waals surface area (Å²) in [5.74, 6) is 0.606. The fraction of sp³-hybridized carbons (Fsp3) is 0.154. The van der Waals surface area contributed by atoms with E-state index in [-0.39, 0.29) is 11.8 Å². The number of nitrogens with zero attached hydrogens (tertiary/aromatic N) is 5. The van der Waals surface area contributed by atoms with E-state index in [9.17, 15) is 4.79 Å². The molecule has 4 N–H and O–H groups in total. The quantitative estimate of drug-likeness (QED) is 0.216. The van der Waals surface area contributed by atoms with E-state index in [2.05, 4.69) is 49.6 Å². The third kappa shape index (κ3) is 5.68. The Labute approximate surface area is 222 Å². The van der Waals surface area contributed by atoms with Gasteiger partial charge in [0.05, 0.1) is 11.1 Å². The molecule has 0 aliphatic rings. The summed E-state index contributed by atoms with van der Waals surface area (Å²) in [4.78, 5) is 28.4. The molecule has 0 radical (unpaired) electrons. The summed E-state index contributed by atoms with van der Waals surface area (Å²) in [6.07, 6.45) is 1.49. The predicted octanol–water partition coefficient (Wildman–Crippen LogP) is 6.04. The smallest absolute Gasteiger partial charge is 0.257 e. The molecule has 3 aromatic heterocycles. The van der Waals surface area contributed by atoms with E-state index in [1.54, 1.807) is 23.9 Å². The van der Waals surface area contributed by atoms with Crippen LogP contribution in [0.5, 0.6) is 0 Å². The Bertz CT molecular complexity index is 1580. The molecule has 0 aliphatic heterocycles. The topological polar surface area (TPSA) is 132 Å². The number of hydrogen-bond acceptors (Lipinski definition) is 10. The molecule has 0 saturated heterocycles. The van der Waals surface area contributed by atoms with E-state index < -0.39 is 0 Å². The first-order valence-electron chi connectivity index (χ1n) is 11.5. The second-order valence-electron chi connectivity index (χ2n) is 8.57. The predicted molar refractivity (Wildman–Crippen MR) is 149 cm³/mol. The largest absolute Gasteiger partial charge is 0.399 e. The first-order valence-corrected chi connectivity index (χ1v) is 13.2. The fourth-order valence-corrected chi connectivity index (χ4v) is 5.01. The van der Waals surface area contributed by atoms with Gasteiger partial charge in [-0.2, -0.15) is 0 Å². The van der Waals surface area contributed by atoms with Crippen LogP contribution >= 0.6 is 23.1 Å². The average molecular weight is 529 g/mol. The van der Waals surface area contributed by atoms with Gasteiger partial charge in [-0.15, -0.1) is 10.2 Å². The van der Waals surface area contributed by atoms with Crippen molar-refractivity contribution in [3.63, 3.8) is 0 Å². The molecule has 37 heavy (non-hydrogen) atoms. The Kier molecular flexibility index (Phi) is 6.97. The first kappa shape index (κ1) is 24.6. The van der Waals surface area contributed by atoms with Gasteiger partial charge < -0.3 is 11.1 Å². The molecule has 186 valence electrons. The fourth-order valence-electron chi connectivity index (χ4n) is 3.54. The Morgan fingerprint density at radius 1 is 1.03 bits per heavy atom. The van der Waals surface area contributed by atoms with Gasteiger partial charge >= 0.3 is 0 Å². The number of fused-ring (bicyclic) bond motifs is 1. The van der Waals surface area contributed by atoms with Crippen LogP contribution in [0.25, 0.3) is 11.0 Å². The van der Waals surface area contributed by atoms with Gasteiger partial charge in [0.15, 0.2) is 5.65 Å². The highest BCUT2D eigenvalue weighted by Crippen LogP contribution is 2.37. The number of aryl methyl sites for hydroxylation is 1. The van der Waals surface area contributed by atoms with Gasteiger partial charge in [-0.3, -0.25) is 10.1 Å². The standard InChI is InChI=1S/C26H24N8OS2/c1-14(2)20-10-9-19-23(30-20)28-13-29-24(19)31-21-12-16(25(35)32-26-34-33-15(3)36-26)4-11-22(21)37-18-7-5-17(27)6-8-18/h4-14H,27H2,1-3H3,(H,32,34,35)(H,28,29,30,31). The highest BCUT2D eigenvalue weighted by Gasteiger charge is 2.15. The van der Waals surface area contributed by atoms with Crippen molar-refractivity contribution in [2.24, 2.45) is 0 Å². The summed E-state index contributed by atoms with van der Waals surface area (Å²) in [6.45, 7) is 6.02. The molecule has 0 unspecified atom stereocenters. The van der Waals surface area contributed by atoms with E-state index in [4.69, 9.17) is 5.73 Å². The van der Waals surface area contributed by atoms with Crippen LogP contribution < -0.4 is 16.4 Å². The summed E-state index contributed by atoms with van der Waals surface area (Å²) in [5.41, 5.74) is 9.31. The van der Waals surface area contributed by atoms with Crippen molar-refractivity contribution < 1.29 is 4.79 Å². The van der Waals surface area contributed by atoms with E-state index in [1.807, 2.05) is 49.4 Å². The Morgan fingerprint density at radius 2 is 1.84 bits per heavy atom. The van der Waals surface area contributed by atoms with Crippen LogP contribution in [0, 0.1) is 6.92 Å². The normalized spacial score (nSPS) is 11.1. The molecule has 9 nitrogen and oxygen atoms in total. The maximum atomic E-state index is 13.0. The minimum Gasteiger partial charge on any atom is -0.399 e. The monoisotopic (exact) mass is 528 g/mol. The van der Waals surface area contributed by atoms with Gasteiger partial charge in [0.2, 0.25) is 5.13 Å². The van der Waals surface area contributed by atoms with Gasteiger partial charge in [-0.05, 0) is 67.4 Å². The summed E-state index contributed by atoms with van der Waals surface area (Å²) >= 11 is 2.87. The van der Waals surface area contributed by atoms with Crippen LogP contribution in [0.1, 0.15) is 40.8 Å². The van der Waals surface area contributed by atoms with Crippen LogP contribution in [-0.2, 0) is 0 Å². The number of amides is 1. The van der Waals surface area contributed by atoms with Crippen molar-refractivity contribution in [2.45, 2.75) is 36.5 Å². The molecule has 0 saturated carbocycles. The highest BCUT2D eigenvalue weighted by atomic mass is 32.2. The molecule has 0 aliphatic carbocycles. The van der Waals surface area contributed by atoms with Crippen LogP contribution in [0.15, 0.2) is 70.7 Å². The van der Waals surface area contributed by atoms with Crippen LogP contribution in [-0.4, -0.2) is 31.1 Å². The number of aromatic nitrogens is 5. The second-order valence-corrected chi connectivity index (χ2v) is 10.9. The second kappa shape index (κ2) is 10.5. The lowest BCUT2D eigenvalue weighted by atomic mass is 10.1. The molecular formula is C26H24N8OS2. The minimum atomic E-state index is -0.279. The van der Waals surface area contributed by atoms with E-state index in [0.29, 0.717) is 27.8 Å². The van der Waals surface area contributed by atoms with Gasteiger partial charge in [0.1, 0.15) is 17.2 Å². The Morgan fingerprint density at radius 3 is 2.57 bits per heavy atom.